The second-order valence-electron chi connectivity index (χ2n) is 8.91. The van der Waals surface area contributed by atoms with Crippen LogP contribution in [0.3, 0.4) is 0 Å². The number of amides is 1. The first-order valence-electron chi connectivity index (χ1n) is 11.0. The smallest absolute Gasteiger partial charge is 0.312 e. The van der Waals surface area contributed by atoms with Crippen molar-refractivity contribution >= 4 is 52.1 Å². The van der Waals surface area contributed by atoms with Gasteiger partial charge in [0.25, 0.3) is 0 Å². The fraction of sp³-hybridized carbons (Fsp3) is 0.417. The monoisotopic (exact) mass is 620 g/mol. The maximum atomic E-state index is 13.4. The molecule has 0 aromatic heterocycles. The van der Waals surface area contributed by atoms with Crippen LogP contribution in [-0.4, -0.2) is 36.3 Å². The summed E-state index contributed by atoms with van der Waals surface area (Å²) in [6, 6.07) is 12.8. The molecule has 1 fully saturated rings. The average Bonchev–Trinajstić information content (AvgIpc) is 2.93. The lowest BCUT2D eigenvalue weighted by atomic mass is 9.91. The van der Waals surface area contributed by atoms with Gasteiger partial charge in [0, 0.05) is 16.0 Å². The second-order valence-corrected chi connectivity index (χ2v) is 10.2. The predicted molar refractivity (Wildman–Crippen MR) is 132 cm³/mol. The van der Waals surface area contributed by atoms with Gasteiger partial charge in [-0.15, -0.1) is 0 Å². The van der Waals surface area contributed by atoms with Gasteiger partial charge in [-0.2, -0.15) is 10.5 Å². The Morgan fingerprint density at radius 1 is 1.00 bits per heavy atom. The molecule has 0 aliphatic carbocycles. The summed E-state index contributed by atoms with van der Waals surface area (Å²) in [6.45, 7) is 3.89. The number of rotatable bonds is 4. The number of benzene rings is 2. The molecule has 0 spiro atoms. The molecule has 2 aromatic rings. The first-order valence-corrected chi connectivity index (χ1v) is 12.2. The van der Waals surface area contributed by atoms with E-state index in [1.54, 1.807) is 12.1 Å². The van der Waals surface area contributed by atoms with E-state index in [1.807, 2.05) is 42.3 Å². The minimum Gasteiger partial charge on any atom is -1.00 e. The summed E-state index contributed by atoms with van der Waals surface area (Å²) in [5.74, 6) is -0.282. The number of hydrogen-bond donors (Lipinski definition) is 1. The van der Waals surface area contributed by atoms with E-state index >= 15 is 0 Å². The summed E-state index contributed by atoms with van der Waals surface area (Å²) < 4.78 is 0.540. The highest BCUT2D eigenvalue weighted by molar-refractivity contribution is 6.40. The zero-order valence-electron chi connectivity index (χ0n) is 18.7. The Kier molecular flexibility index (Phi) is 8.94. The van der Waals surface area contributed by atoms with Gasteiger partial charge in [-0.25, -0.2) is 4.59 Å². The van der Waals surface area contributed by atoms with Gasteiger partial charge in [-0.1, -0.05) is 53.9 Å². The molecule has 4 rings (SSSR count). The molecular formula is C24H28Cl3IN4O. The molecule has 178 valence electrons. The summed E-state index contributed by atoms with van der Waals surface area (Å²) in [7, 11) is 2.09. The number of nitrogens with zero attached hydrogens (tertiary/aromatic N) is 3. The molecule has 1 saturated heterocycles. The molecule has 1 amide bonds. The van der Waals surface area contributed by atoms with Gasteiger partial charge in [0.2, 0.25) is 0 Å². The SMILES string of the molecule is CC1C(C(=O)N[N+]2(C)CCCCCC2)=NN(c2ccc(Cl)cc2Cl)C1c1ccc(Cl)cc1.[I-]. The summed E-state index contributed by atoms with van der Waals surface area (Å²) in [4.78, 5) is 13.4. The molecule has 2 aliphatic heterocycles. The number of halogens is 4. The molecule has 2 heterocycles. The van der Waals surface area contributed by atoms with Crippen LogP contribution in [0.2, 0.25) is 15.1 Å². The number of carbonyl (C=O) groups is 1. The molecule has 2 unspecified atom stereocenters. The number of quaternary nitrogens is 1. The number of carbonyl (C=O) groups excluding carboxylic acids is 1. The van der Waals surface area contributed by atoms with E-state index in [9.17, 15) is 4.79 Å². The third kappa shape index (κ3) is 5.96. The van der Waals surface area contributed by atoms with E-state index in [0.717, 1.165) is 31.5 Å². The minimum absolute atomic E-state index is 0. The molecule has 2 aromatic carbocycles. The fourth-order valence-corrected chi connectivity index (χ4v) is 5.27. The highest BCUT2D eigenvalue weighted by atomic mass is 127. The molecule has 1 N–H and O–H groups in total. The number of hydrazone groups is 1. The molecule has 0 saturated carbocycles. The van der Waals surface area contributed by atoms with Crippen molar-refractivity contribution in [1.82, 2.24) is 5.43 Å². The van der Waals surface area contributed by atoms with Gasteiger partial charge in [-0.3, -0.25) is 9.80 Å². The third-order valence-electron chi connectivity index (χ3n) is 6.41. The number of hydrogen-bond acceptors (Lipinski definition) is 3. The maximum Gasteiger partial charge on any atom is 0.312 e. The van der Waals surface area contributed by atoms with Gasteiger partial charge in [-0.05, 0) is 61.6 Å². The molecule has 2 aliphatic rings. The first-order chi connectivity index (χ1) is 15.3. The lowest BCUT2D eigenvalue weighted by Crippen LogP contribution is -3.00. The Hall–Kier alpha value is -1.06. The zero-order chi connectivity index (χ0) is 22.9. The summed E-state index contributed by atoms with van der Waals surface area (Å²) in [5.41, 5.74) is 5.47. The molecule has 5 nitrogen and oxygen atoms in total. The van der Waals surface area contributed by atoms with E-state index in [-0.39, 0.29) is 41.8 Å². The van der Waals surface area contributed by atoms with Gasteiger partial charge >= 0.3 is 5.91 Å². The van der Waals surface area contributed by atoms with E-state index in [1.165, 1.54) is 12.8 Å². The Morgan fingerprint density at radius 2 is 1.61 bits per heavy atom. The van der Waals surface area contributed by atoms with Crippen molar-refractivity contribution in [1.29, 1.82) is 0 Å². The number of likely N-dealkylation sites (tertiary alicyclic amines) is 1. The predicted octanol–water partition coefficient (Wildman–Crippen LogP) is 3.26. The van der Waals surface area contributed by atoms with Crippen molar-refractivity contribution in [3.63, 3.8) is 0 Å². The van der Waals surface area contributed by atoms with Crippen molar-refractivity contribution in [3.05, 3.63) is 63.1 Å². The van der Waals surface area contributed by atoms with Crippen molar-refractivity contribution in [2.75, 3.05) is 25.1 Å². The van der Waals surface area contributed by atoms with Crippen LogP contribution in [0.5, 0.6) is 0 Å². The van der Waals surface area contributed by atoms with Gasteiger partial charge in [0.15, 0.2) is 0 Å². The highest BCUT2D eigenvalue weighted by Crippen LogP contribution is 2.42. The quantitative estimate of drug-likeness (QED) is 0.421. The van der Waals surface area contributed by atoms with Crippen LogP contribution in [0.25, 0.3) is 0 Å². The Bertz CT molecular complexity index is 1020. The Labute approximate surface area is 227 Å². The second kappa shape index (κ2) is 11.1. The van der Waals surface area contributed by atoms with Crippen LogP contribution in [0.4, 0.5) is 5.69 Å². The van der Waals surface area contributed by atoms with Crippen LogP contribution in [0.1, 0.15) is 44.2 Å². The minimum atomic E-state index is -0.193. The van der Waals surface area contributed by atoms with E-state index in [0.29, 0.717) is 31.1 Å². The largest absolute Gasteiger partial charge is 1.00 e. The Balaban J connectivity index is 0.00000306. The zero-order valence-corrected chi connectivity index (χ0v) is 23.1. The number of anilines is 1. The summed E-state index contributed by atoms with van der Waals surface area (Å²) >= 11 is 18.8. The van der Waals surface area contributed by atoms with Crippen LogP contribution < -0.4 is 34.4 Å². The van der Waals surface area contributed by atoms with Gasteiger partial charge in [0.1, 0.15) is 18.8 Å². The lowest BCUT2D eigenvalue weighted by molar-refractivity contribution is -0.942. The molecule has 33 heavy (non-hydrogen) atoms. The lowest BCUT2D eigenvalue weighted by Gasteiger charge is -2.32. The molecule has 9 heteroatoms. The van der Waals surface area contributed by atoms with Crippen LogP contribution in [0.15, 0.2) is 47.6 Å². The standard InChI is InChI=1S/C24H27Cl3N4O.HI/c1-16-22(24(32)29-31(2)13-5-3-4-6-14-31)28-30(21-12-11-19(26)15-20(21)27)23(16)17-7-9-18(25)10-8-17;/h7-12,15-16,23H,3-6,13-14H2,1-2H3;1H. The van der Waals surface area contributed by atoms with E-state index < -0.39 is 0 Å². The molecule has 0 radical (unpaired) electrons. The van der Waals surface area contributed by atoms with Crippen LogP contribution in [-0.2, 0) is 4.79 Å². The van der Waals surface area contributed by atoms with Crippen molar-refractivity contribution < 1.29 is 33.4 Å². The average molecular weight is 622 g/mol. The third-order valence-corrected chi connectivity index (χ3v) is 7.20. The maximum absolute atomic E-state index is 13.4. The van der Waals surface area contributed by atoms with Crippen LogP contribution in [0, 0.1) is 5.92 Å². The first kappa shape index (κ1) is 26.5. The normalized spacial score (nSPS) is 22.2. The van der Waals surface area contributed by atoms with E-state index in [4.69, 9.17) is 39.9 Å². The summed E-state index contributed by atoms with van der Waals surface area (Å²) in [6.07, 6.45) is 4.64. The highest BCUT2D eigenvalue weighted by Gasteiger charge is 2.42. The summed E-state index contributed by atoms with van der Waals surface area (Å²) in [5, 5.41) is 8.33. The van der Waals surface area contributed by atoms with Crippen molar-refractivity contribution in [3.8, 4) is 0 Å². The molecule has 2 atom stereocenters. The van der Waals surface area contributed by atoms with Gasteiger partial charge < -0.3 is 24.0 Å². The van der Waals surface area contributed by atoms with Crippen molar-refractivity contribution in [2.45, 2.75) is 38.6 Å². The topological polar surface area (TPSA) is 44.7 Å². The van der Waals surface area contributed by atoms with Crippen LogP contribution >= 0.6 is 34.8 Å². The van der Waals surface area contributed by atoms with Crippen molar-refractivity contribution in [2.24, 2.45) is 11.0 Å². The molecule has 0 bridgehead atoms. The van der Waals surface area contributed by atoms with Gasteiger partial charge in [0.05, 0.1) is 23.8 Å². The van der Waals surface area contributed by atoms with E-state index in [2.05, 4.69) is 12.5 Å². The molecular weight excluding hydrogens is 594 g/mol. The Morgan fingerprint density at radius 3 is 2.21 bits per heavy atom. The fourth-order valence-electron chi connectivity index (χ4n) is 4.64. The number of nitrogens with one attached hydrogen (secondary N) is 1.